The Morgan fingerprint density at radius 3 is 2.82 bits per heavy atom. The second-order valence-corrected chi connectivity index (χ2v) is 5.25. The van der Waals surface area contributed by atoms with Crippen LogP contribution in [0.15, 0.2) is 41.6 Å². The van der Waals surface area contributed by atoms with Crippen molar-refractivity contribution >= 4 is 0 Å². The molecule has 1 saturated heterocycles. The predicted octanol–water partition coefficient (Wildman–Crippen LogP) is 0.850. The van der Waals surface area contributed by atoms with Crippen molar-refractivity contribution in [1.29, 1.82) is 0 Å². The van der Waals surface area contributed by atoms with Gasteiger partial charge in [-0.25, -0.2) is 4.98 Å². The molecule has 0 amide bonds. The minimum absolute atomic E-state index is 0.401. The highest BCUT2D eigenvalue weighted by Crippen LogP contribution is 2.34. The van der Waals surface area contributed by atoms with Gasteiger partial charge in [0.15, 0.2) is 0 Å². The molecule has 0 atom stereocenters. The van der Waals surface area contributed by atoms with E-state index < -0.39 is 5.54 Å². The Morgan fingerprint density at radius 2 is 2.09 bits per heavy atom. The van der Waals surface area contributed by atoms with E-state index in [4.69, 9.17) is 4.52 Å². The predicted molar refractivity (Wildman–Crippen MR) is 76.7 cm³/mol. The number of rotatable bonds is 3. The molecule has 1 N–H and O–H groups in total. The Labute approximate surface area is 126 Å². The fourth-order valence-electron chi connectivity index (χ4n) is 2.83. The minimum Gasteiger partial charge on any atom is -0.336 e. The summed E-state index contributed by atoms with van der Waals surface area (Å²) in [4.78, 5) is 12.8. The van der Waals surface area contributed by atoms with E-state index >= 15 is 0 Å². The molecular formula is C14H15N7O. The van der Waals surface area contributed by atoms with Crippen molar-refractivity contribution in [3.05, 3.63) is 42.9 Å². The molecule has 1 aliphatic heterocycles. The van der Waals surface area contributed by atoms with Crippen LogP contribution in [0.25, 0.3) is 11.5 Å². The fraction of sp³-hybridized carbons (Fsp3) is 0.357. The lowest BCUT2D eigenvalue weighted by atomic mass is 9.88. The van der Waals surface area contributed by atoms with E-state index in [1.165, 1.54) is 0 Å². The van der Waals surface area contributed by atoms with Crippen molar-refractivity contribution in [2.24, 2.45) is 0 Å². The zero-order valence-corrected chi connectivity index (χ0v) is 11.9. The van der Waals surface area contributed by atoms with Crippen LogP contribution < -0.4 is 5.32 Å². The number of hydrogen-bond donors (Lipinski definition) is 1. The molecule has 0 aliphatic carbocycles. The molecule has 1 aliphatic rings. The summed E-state index contributed by atoms with van der Waals surface area (Å²) in [5.74, 6) is 1.02. The number of aromatic nitrogens is 6. The molecule has 0 unspecified atom stereocenters. The van der Waals surface area contributed by atoms with Crippen molar-refractivity contribution in [3.8, 4) is 11.5 Å². The van der Waals surface area contributed by atoms with Gasteiger partial charge in [-0.05, 0) is 32.0 Å². The van der Waals surface area contributed by atoms with Crippen LogP contribution in [0.1, 0.15) is 18.7 Å². The van der Waals surface area contributed by atoms with Crippen molar-refractivity contribution < 1.29 is 4.52 Å². The quantitative estimate of drug-likeness (QED) is 0.765. The first-order valence-electron chi connectivity index (χ1n) is 7.20. The lowest BCUT2D eigenvalue weighted by Crippen LogP contribution is -2.45. The largest absolute Gasteiger partial charge is 0.336 e. The number of hydrogen-bond acceptors (Lipinski definition) is 7. The topological polar surface area (TPSA) is 94.5 Å². The molecule has 0 radical (unpaired) electrons. The third-order valence-electron chi connectivity index (χ3n) is 3.99. The van der Waals surface area contributed by atoms with Crippen LogP contribution in [0.4, 0.5) is 0 Å². The number of nitrogens with one attached hydrogen (secondary N) is 1. The van der Waals surface area contributed by atoms with Crippen LogP contribution in [-0.2, 0) is 5.54 Å². The van der Waals surface area contributed by atoms with Crippen LogP contribution in [0, 0.1) is 0 Å². The van der Waals surface area contributed by atoms with Gasteiger partial charge in [0.1, 0.15) is 11.2 Å². The first kappa shape index (κ1) is 13.1. The monoisotopic (exact) mass is 297 g/mol. The summed E-state index contributed by atoms with van der Waals surface area (Å²) in [7, 11) is 0. The highest BCUT2D eigenvalue weighted by atomic mass is 16.5. The average Bonchev–Trinajstić information content (AvgIpc) is 3.29. The van der Waals surface area contributed by atoms with Gasteiger partial charge in [0.05, 0.1) is 6.20 Å². The molecule has 0 spiro atoms. The maximum Gasteiger partial charge on any atom is 0.255 e. The molecular weight excluding hydrogens is 282 g/mol. The van der Waals surface area contributed by atoms with Crippen LogP contribution in [0.5, 0.6) is 0 Å². The lowest BCUT2D eigenvalue weighted by Gasteiger charge is -2.34. The zero-order chi connectivity index (χ0) is 14.8. The van der Waals surface area contributed by atoms with E-state index in [0.29, 0.717) is 17.4 Å². The smallest absolute Gasteiger partial charge is 0.255 e. The molecule has 4 rings (SSSR count). The summed E-state index contributed by atoms with van der Waals surface area (Å²) in [6, 6.07) is 1.91. The van der Waals surface area contributed by atoms with E-state index in [-0.39, 0.29) is 0 Å². The van der Waals surface area contributed by atoms with Crippen LogP contribution >= 0.6 is 0 Å². The second kappa shape index (κ2) is 5.30. The number of piperidine rings is 1. The van der Waals surface area contributed by atoms with Crippen LogP contribution in [0.2, 0.25) is 0 Å². The number of nitrogens with zero attached hydrogens (tertiary/aromatic N) is 6. The maximum atomic E-state index is 5.57. The first-order valence-corrected chi connectivity index (χ1v) is 7.20. The molecule has 112 valence electrons. The van der Waals surface area contributed by atoms with Gasteiger partial charge in [0.25, 0.3) is 5.89 Å². The Hall–Kier alpha value is -2.61. The summed E-state index contributed by atoms with van der Waals surface area (Å²) >= 11 is 0. The van der Waals surface area contributed by atoms with E-state index in [9.17, 15) is 0 Å². The third-order valence-corrected chi connectivity index (χ3v) is 3.99. The first-order chi connectivity index (χ1) is 10.9. The normalized spacial score (nSPS) is 17.5. The van der Waals surface area contributed by atoms with E-state index in [0.717, 1.165) is 25.9 Å². The molecule has 4 heterocycles. The van der Waals surface area contributed by atoms with E-state index in [1.54, 1.807) is 24.8 Å². The fourth-order valence-corrected chi connectivity index (χ4v) is 2.83. The highest BCUT2D eigenvalue weighted by Gasteiger charge is 2.41. The Morgan fingerprint density at radius 1 is 1.18 bits per heavy atom. The molecule has 3 aromatic rings. The average molecular weight is 297 g/mol. The highest BCUT2D eigenvalue weighted by molar-refractivity contribution is 5.45. The SMILES string of the molecule is c1cnn(C2(c3nc(-c4cnccn4)no3)CCNCC2)c1. The van der Waals surface area contributed by atoms with Crippen LogP contribution in [-0.4, -0.2) is 43.0 Å². The van der Waals surface area contributed by atoms with Gasteiger partial charge in [0.2, 0.25) is 5.82 Å². The van der Waals surface area contributed by atoms with Crippen molar-refractivity contribution in [3.63, 3.8) is 0 Å². The zero-order valence-electron chi connectivity index (χ0n) is 11.9. The second-order valence-electron chi connectivity index (χ2n) is 5.25. The molecule has 1 fully saturated rings. The Kier molecular flexibility index (Phi) is 3.15. The van der Waals surface area contributed by atoms with Gasteiger partial charge in [-0.1, -0.05) is 5.16 Å². The van der Waals surface area contributed by atoms with Gasteiger partial charge in [-0.3, -0.25) is 9.67 Å². The summed E-state index contributed by atoms with van der Waals surface area (Å²) in [6.45, 7) is 1.76. The van der Waals surface area contributed by atoms with Gasteiger partial charge in [-0.15, -0.1) is 0 Å². The molecule has 0 saturated carbocycles. The van der Waals surface area contributed by atoms with E-state index in [2.05, 4.69) is 30.5 Å². The van der Waals surface area contributed by atoms with Gasteiger partial charge < -0.3 is 9.84 Å². The third kappa shape index (κ3) is 2.08. The molecule has 8 nitrogen and oxygen atoms in total. The summed E-state index contributed by atoms with van der Waals surface area (Å²) in [5, 5.41) is 11.8. The Balaban J connectivity index is 1.76. The van der Waals surface area contributed by atoms with Gasteiger partial charge in [-0.2, -0.15) is 10.1 Å². The van der Waals surface area contributed by atoms with Gasteiger partial charge in [0, 0.05) is 24.8 Å². The molecule has 22 heavy (non-hydrogen) atoms. The maximum absolute atomic E-state index is 5.57. The van der Waals surface area contributed by atoms with Crippen molar-refractivity contribution in [2.75, 3.05) is 13.1 Å². The lowest BCUT2D eigenvalue weighted by molar-refractivity contribution is 0.172. The Bertz CT molecular complexity index is 732. The summed E-state index contributed by atoms with van der Waals surface area (Å²) in [6.07, 6.45) is 10.2. The van der Waals surface area contributed by atoms with Crippen molar-refractivity contribution in [1.82, 2.24) is 35.2 Å². The van der Waals surface area contributed by atoms with Crippen molar-refractivity contribution in [2.45, 2.75) is 18.4 Å². The summed E-state index contributed by atoms with van der Waals surface area (Å²) < 4.78 is 7.49. The molecule has 0 aromatic carbocycles. The van der Waals surface area contributed by atoms with E-state index in [1.807, 2.05) is 16.9 Å². The molecule has 8 heteroatoms. The molecule has 3 aromatic heterocycles. The standard InChI is InChI=1S/C14H15N7O/c1-4-18-21(9-1)14(2-5-15-6-3-14)13-19-12(20-22-13)11-10-16-7-8-17-11/h1,4,7-10,15H,2-3,5-6H2. The van der Waals surface area contributed by atoms with Crippen LogP contribution in [0.3, 0.4) is 0 Å². The van der Waals surface area contributed by atoms with Gasteiger partial charge >= 0.3 is 0 Å². The minimum atomic E-state index is -0.401. The summed E-state index contributed by atoms with van der Waals surface area (Å²) in [5.41, 5.74) is 0.199. The molecule has 0 bridgehead atoms.